The molecule has 6 aromatic rings. The molecule has 19 heteroatoms. The third kappa shape index (κ3) is 18.6. The van der Waals surface area contributed by atoms with Gasteiger partial charge in [0.05, 0.1) is 37.9 Å². The molecule has 7 N–H and O–H groups in total. The molecule has 6 rings (SSSR count). The first kappa shape index (κ1) is 55.9. The standard InChI is InChI=1S/C54H60N7O9P3/c1-68-49-19-13-40(14-20-49)7-10-43-31-46(58-52(34-43)71(3,62)63)37-56-26-28-61(29-27-57-38-47-32-44(35-53(59-47)72(4,64)65)11-8-41-15-21-50(69-2)22-16-41)39-48-33-45(36-54(60-48)73(5,66)67)12-9-42-17-23-51(24-18-42)70-30-6-25-55/h13-24,31-36,56-57H,6,25-30,37-39,55H2,1-5H3,(H,62,63)(H,64,65)(H,66,67). The fraction of sp³-hybridized carbons (Fsp3) is 0.278. The second kappa shape index (κ2) is 26.5. The number of ether oxygens (including phenoxy) is 3. The predicted molar refractivity (Wildman–Crippen MR) is 287 cm³/mol. The number of hydrogen-bond acceptors (Lipinski definition) is 13. The molecule has 0 aliphatic carbocycles. The Kier molecular flexibility index (Phi) is 20.3. The van der Waals surface area contributed by atoms with E-state index in [2.05, 4.69) is 66.0 Å². The van der Waals surface area contributed by atoms with E-state index in [4.69, 9.17) is 19.9 Å². The minimum absolute atomic E-state index is 0.0250. The van der Waals surface area contributed by atoms with Gasteiger partial charge in [-0.2, -0.15) is 0 Å². The maximum atomic E-state index is 13.1. The summed E-state index contributed by atoms with van der Waals surface area (Å²) in [4.78, 5) is 47.5. The lowest BCUT2D eigenvalue weighted by Gasteiger charge is -2.23. The molecule has 73 heavy (non-hydrogen) atoms. The molecule has 3 unspecified atom stereocenters. The summed E-state index contributed by atoms with van der Waals surface area (Å²) in [6.45, 7) is 7.36. The normalized spacial score (nSPS) is 13.4. The molecule has 0 amide bonds. The number of benzene rings is 3. The lowest BCUT2D eigenvalue weighted by Crippen LogP contribution is -2.37. The van der Waals surface area contributed by atoms with Crippen molar-refractivity contribution in [1.82, 2.24) is 30.5 Å². The highest BCUT2D eigenvalue weighted by molar-refractivity contribution is 7.65. The first-order valence-electron chi connectivity index (χ1n) is 23.2. The van der Waals surface area contributed by atoms with Crippen LogP contribution in [0.2, 0.25) is 0 Å². The third-order valence-electron chi connectivity index (χ3n) is 10.8. The van der Waals surface area contributed by atoms with Gasteiger partial charge >= 0.3 is 0 Å². The summed E-state index contributed by atoms with van der Waals surface area (Å²) < 4.78 is 55.0. The second-order valence-corrected chi connectivity index (χ2v) is 23.8. The monoisotopic (exact) mass is 1040 g/mol. The average molecular weight is 1040 g/mol. The van der Waals surface area contributed by atoms with Crippen LogP contribution in [0, 0.1) is 35.5 Å². The molecule has 0 spiro atoms. The van der Waals surface area contributed by atoms with E-state index >= 15 is 0 Å². The Morgan fingerprint density at radius 1 is 0.521 bits per heavy atom. The van der Waals surface area contributed by atoms with Gasteiger partial charge in [0.25, 0.3) is 0 Å². The molecule has 0 saturated carbocycles. The minimum atomic E-state index is -3.81. The quantitative estimate of drug-likeness (QED) is 0.0324. The zero-order chi connectivity index (χ0) is 52.4. The number of hydrogen-bond donors (Lipinski definition) is 6. The van der Waals surface area contributed by atoms with Crippen LogP contribution in [0.15, 0.2) is 109 Å². The minimum Gasteiger partial charge on any atom is -0.497 e. The number of methoxy groups -OCH3 is 2. The van der Waals surface area contributed by atoms with E-state index in [0.717, 1.165) is 23.1 Å². The van der Waals surface area contributed by atoms with Gasteiger partial charge in [0.15, 0.2) is 0 Å². The average Bonchev–Trinajstić information content (AvgIpc) is 3.36. The molecule has 16 nitrogen and oxygen atoms in total. The van der Waals surface area contributed by atoms with Gasteiger partial charge in [0, 0.05) is 99.2 Å². The lowest BCUT2D eigenvalue weighted by molar-refractivity contribution is 0.261. The van der Waals surface area contributed by atoms with Crippen LogP contribution < -0.4 is 46.9 Å². The number of aromatic nitrogens is 3. The van der Waals surface area contributed by atoms with Gasteiger partial charge in [-0.25, -0.2) is 15.0 Å². The molecule has 0 bridgehead atoms. The Morgan fingerprint density at radius 3 is 1.22 bits per heavy atom. The molecule has 380 valence electrons. The molecular formula is C54H60N7O9P3. The number of pyridine rings is 3. The number of nitrogens with one attached hydrogen (secondary N) is 2. The lowest BCUT2D eigenvalue weighted by atomic mass is 10.1. The molecule has 3 aromatic heterocycles. The molecule has 0 aliphatic rings. The Bertz CT molecular complexity index is 3040. The van der Waals surface area contributed by atoms with E-state index in [0.29, 0.717) is 90.4 Å². The SMILES string of the molecule is COc1ccc(C#Cc2cc(CNCCN(CCNCc3cc(C#Cc4ccc(OC)cc4)cc(P(C)(=O)O)n3)Cc3cc(C#Cc4ccc(OCCCN)cc4)cc(P(C)(=O)O)n3)nc(P(C)(=O)O)c2)cc1. The smallest absolute Gasteiger partial charge is 0.244 e. The summed E-state index contributed by atoms with van der Waals surface area (Å²) in [5, 5.41) is 6.81. The van der Waals surface area contributed by atoms with E-state index in [1.54, 1.807) is 56.7 Å². The predicted octanol–water partition coefficient (Wildman–Crippen LogP) is 4.77. The van der Waals surface area contributed by atoms with Crippen LogP contribution in [0.25, 0.3) is 0 Å². The Morgan fingerprint density at radius 2 is 0.863 bits per heavy atom. The largest absolute Gasteiger partial charge is 0.497 e. The molecule has 0 saturated heterocycles. The summed E-state index contributed by atoms with van der Waals surface area (Å²) in [6, 6.07) is 31.8. The molecule has 3 heterocycles. The van der Waals surface area contributed by atoms with Crippen molar-refractivity contribution in [1.29, 1.82) is 0 Å². The van der Waals surface area contributed by atoms with Gasteiger partial charge in [0.1, 0.15) is 33.6 Å². The molecule has 0 radical (unpaired) electrons. The zero-order valence-electron chi connectivity index (χ0n) is 41.5. The first-order chi connectivity index (χ1) is 34.9. The van der Waals surface area contributed by atoms with E-state index in [1.165, 1.54) is 38.2 Å². The van der Waals surface area contributed by atoms with Crippen LogP contribution in [0.1, 0.15) is 56.9 Å². The van der Waals surface area contributed by atoms with Crippen molar-refractivity contribution in [3.05, 3.63) is 160 Å². The molecule has 3 atom stereocenters. The van der Waals surface area contributed by atoms with Crippen LogP contribution >= 0.6 is 22.1 Å². The number of nitrogens with two attached hydrogens (primary N) is 1. The van der Waals surface area contributed by atoms with Crippen LogP contribution in [-0.4, -0.2) is 108 Å². The maximum absolute atomic E-state index is 13.1. The van der Waals surface area contributed by atoms with Gasteiger partial charge in [-0.05, 0) is 122 Å². The van der Waals surface area contributed by atoms with Crippen LogP contribution in [0.4, 0.5) is 0 Å². The van der Waals surface area contributed by atoms with Crippen molar-refractivity contribution >= 4 is 38.4 Å². The van der Waals surface area contributed by atoms with E-state index in [-0.39, 0.29) is 35.9 Å². The van der Waals surface area contributed by atoms with E-state index < -0.39 is 22.1 Å². The summed E-state index contributed by atoms with van der Waals surface area (Å²) in [5.74, 6) is 20.8. The highest BCUT2D eigenvalue weighted by Gasteiger charge is 2.21. The van der Waals surface area contributed by atoms with Crippen molar-refractivity contribution in [3.8, 4) is 52.8 Å². The number of rotatable bonds is 21. The van der Waals surface area contributed by atoms with E-state index in [9.17, 15) is 28.4 Å². The van der Waals surface area contributed by atoms with Crippen molar-refractivity contribution < 1.29 is 42.6 Å². The van der Waals surface area contributed by atoms with Crippen LogP contribution in [-0.2, 0) is 33.3 Å². The highest BCUT2D eigenvalue weighted by atomic mass is 31.2. The van der Waals surface area contributed by atoms with Crippen molar-refractivity contribution in [3.63, 3.8) is 0 Å². The molecular weight excluding hydrogens is 984 g/mol. The summed E-state index contributed by atoms with van der Waals surface area (Å²) in [6.07, 6.45) is 0.738. The number of nitrogens with zero attached hydrogens (tertiary/aromatic N) is 4. The molecule has 3 aromatic carbocycles. The van der Waals surface area contributed by atoms with Crippen LogP contribution in [0.5, 0.6) is 17.2 Å². The molecule has 0 fully saturated rings. The fourth-order valence-electron chi connectivity index (χ4n) is 6.93. The van der Waals surface area contributed by atoms with Crippen molar-refractivity contribution in [2.75, 3.05) is 73.5 Å². The summed E-state index contributed by atoms with van der Waals surface area (Å²) in [7, 11) is -8.11. The Balaban J connectivity index is 1.21. The first-order valence-corrected chi connectivity index (χ1v) is 29.5. The highest BCUT2D eigenvalue weighted by Crippen LogP contribution is 2.35. The van der Waals surface area contributed by atoms with Gasteiger partial charge in [-0.15, -0.1) is 0 Å². The summed E-state index contributed by atoms with van der Waals surface area (Å²) in [5.41, 5.74) is 11.1. The third-order valence-corrected chi connectivity index (χ3v) is 14.0. The second-order valence-electron chi connectivity index (χ2n) is 17.1. The summed E-state index contributed by atoms with van der Waals surface area (Å²) >= 11 is 0. The Labute approximate surface area is 427 Å². The molecule has 0 aliphatic heterocycles. The van der Waals surface area contributed by atoms with Gasteiger partial charge in [-0.1, -0.05) is 35.5 Å². The Hall–Kier alpha value is -6.40. The van der Waals surface area contributed by atoms with Crippen LogP contribution in [0.3, 0.4) is 0 Å². The van der Waals surface area contributed by atoms with Gasteiger partial charge in [0.2, 0.25) is 22.1 Å². The van der Waals surface area contributed by atoms with Gasteiger partial charge in [-0.3, -0.25) is 18.6 Å². The topological polar surface area (TPSA) is 232 Å². The van der Waals surface area contributed by atoms with Crippen molar-refractivity contribution in [2.24, 2.45) is 5.73 Å². The van der Waals surface area contributed by atoms with Crippen molar-refractivity contribution in [2.45, 2.75) is 26.1 Å². The fourth-order valence-corrected chi connectivity index (χ4v) is 9.01. The van der Waals surface area contributed by atoms with E-state index in [1.807, 2.05) is 48.5 Å². The maximum Gasteiger partial charge on any atom is 0.244 e. The zero-order valence-corrected chi connectivity index (χ0v) is 44.1. The van der Waals surface area contributed by atoms with Gasteiger partial charge < -0.3 is 45.3 Å².